The standard InChI is InChI=1S/C17H29N3O/c1-3-18-14-17(8-12-21-13-9-17)15-20(2)11-7-16-6-4-5-10-19-16/h4-6,10,18H,3,7-9,11-15H2,1-2H3. The van der Waals surface area contributed by atoms with E-state index < -0.39 is 0 Å². The smallest absolute Gasteiger partial charge is 0.0472 e. The van der Waals surface area contributed by atoms with Crippen molar-refractivity contribution in [2.24, 2.45) is 5.41 Å². The van der Waals surface area contributed by atoms with Crippen molar-refractivity contribution in [2.45, 2.75) is 26.2 Å². The highest BCUT2D eigenvalue weighted by Crippen LogP contribution is 2.30. The second kappa shape index (κ2) is 8.47. The molecule has 1 N–H and O–H groups in total. The molecule has 1 aliphatic heterocycles. The van der Waals surface area contributed by atoms with Gasteiger partial charge in [0.1, 0.15) is 0 Å². The quantitative estimate of drug-likeness (QED) is 0.794. The van der Waals surface area contributed by atoms with Crippen molar-refractivity contribution in [2.75, 3.05) is 46.4 Å². The Bertz CT molecular complexity index is 390. The molecule has 1 aromatic rings. The van der Waals surface area contributed by atoms with E-state index in [1.54, 1.807) is 0 Å². The first-order valence-electron chi connectivity index (χ1n) is 8.11. The van der Waals surface area contributed by atoms with Gasteiger partial charge >= 0.3 is 0 Å². The summed E-state index contributed by atoms with van der Waals surface area (Å²) in [4.78, 5) is 6.86. The lowest BCUT2D eigenvalue weighted by Crippen LogP contribution is -2.46. The molecule has 0 amide bonds. The van der Waals surface area contributed by atoms with Gasteiger partial charge in [-0.3, -0.25) is 4.98 Å². The molecule has 2 heterocycles. The molecule has 1 aromatic heterocycles. The monoisotopic (exact) mass is 291 g/mol. The van der Waals surface area contributed by atoms with Crippen LogP contribution in [-0.4, -0.2) is 56.3 Å². The van der Waals surface area contributed by atoms with Gasteiger partial charge in [-0.15, -0.1) is 0 Å². The fourth-order valence-corrected chi connectivity index (χ4v) is 3.09. The van der Waals surface area contributed by atoms with Crippen LogP contribution in [0.5, 0.6) is 0 Å². The number of ether oxygens (including phenoxy) is 1. The lowest BCUT2D eigenvalue weighted by Gasteiger charge is -2.40. The van der Waals surface area contributed by atoms with E-state index >= 15 is 0 Å². The van der Waals surface area contributed by atoms with Gasteiger partial charge in [-0.25, -0.2) is 0 Å². The molecule has 0 aliphatic carbocycles. The normalized spacial score (nSPS) is 18.0. The molecule has 0 atom stereocenters. The van der Waals surface area contributed by atoms with Crippen molar-refractivity contribution < 1.29 is 4.74 Å². The molecule has 0 spiro atoms. The van der Waals surface area contributed by atoms with E-state index in [2.05, 4.69) is 41.3 Å². The van der Waals surface area contributed by atoms with Gasteiger partial charge in [-0.1, -0.05) is 13.0 Å². The molecule has 1 aliphatic rings. The average Bonchev–Trinajstić information content (AvgIpc) is 2.53. The first kappa shape index (κ1) is 16.4. The minimum atomic E-state index is 0.368. The Kier molecular flexibility index (Phi) is 6.61. The number of pyridine rings is 1. The van der Waals surface area contributed by atoms with Crippen molar-refractivity contribution in [3.8, 4) is 0 Å². The third-order valence-electron chi connectivity index (χ3n) is 4.38. The van der Waals surface area contributed by atoms with Crippen LogP contribution >= 0.6 is 0 Å². The van der Waals surface area contributed by atoms with Gasteiger partial charge in [0.15, 0.2) is 0 Å². The highest BCUT2D eigenvalue weighted by atomic mass is 16.5. The second-order valence-corrected chi connectivity index (χ2v) is 6.20. The summed E-state index contributed by atoms with van der Waals surface area (Å²) in [5.41, 5.74) is 1.55. The Balaban J connectivity index is 1.84. The fourth-order valence-electron chi connectivity index (χ4n) is 3.09. The molecule has 0 aromatic carbocycles. The molecule has 4 heteroatoms. The van der Waals surface area contributed by atoms with Gasteiger partial charge in [0.25, 0.3) is 0 Å². The third-order valence-corrected chi connectivity index (χ3v) is 4.38. The molecular weight excluding hydrogens is 262 g/mol. The molecule has 0 unspecified atom stereocenters. The topological polar surface area (TPSA) is 37.4 Å². The minimum absolute atomic E-state index is 0.368. The summed E-state index contributed by atoms with van der Waals surface area (Å²) in [6.45, 7) is 8.32. The summed E-state index contributed by atoms with van der Waals surface area (Å²) in [7, 11) is 2.23. The molecule has 1 saturated heterocycles. The van der Waals surface area contributed by atoms with E-state index in [-0.39, 0.29) is 0 Å². The zero-order valence-corrected chi connectivity index (χ0v) is 13.5. The molecule has 1 fully saturated rings. The molecular formula is C17H29N3O. The third kappa shape index (κ3) is 5.38. The zero-order chi connectivity index (χ0) is 15.0. The minimum Gasteiger partial charge on any atom is -0.381 e. The maximum absolute atomic E-state index is 5.56. The average molecular weight is 291 g/mol. The van der Waals surface area contributed by atoms with Crippen LogP contribution in [0.4, 0.5) is 0 Å². The van der Waals surface area contributed by atoms with Crippen LogP contribution in [0.3, 0.4) is 0 Å². The molecule has 2 rings (SSSR count). The lowest BCUT2D eigenvalue weighted by molar-refractivity contribution is -0.000211. The van der Waals surface area contributed by atoms with Crippen molar-refractivity contribution in [3.63, 3.8) is 0 Å². The Labute approximate surface area is 128 Å². The van der Waals surface area contributed by atoms with Crippen LogP contribution in [0, 0.1) is 5.41 Å². The van der Waals surface area contributed by atoms with E-state index in [1.165, 1.54) is 5.69 Å². The van der Waals surface area contributed by atoms with Gasteiger partial charge in [0, 0.05) is 51.2 Å². The predicted octanol–water partition coefficient (Wildman–Crippen LogP) is 1.96. The molecule has 0 bridgehead atoms. The van der Waals surface area contributed by atoms with Crippen molar-refractivity contribution in [1.82, 2.24) is 15.2 Å². The van der Waals surface area contributed by atoms with Gasteiger partial charge in [0.2, 0.25) is 0 Å². The van der Waals surface area contributed by atoms with Crippen LogP contribution in [0.15, 0.2) is 24.4 Å². The van der Waals surface area contributed by atoms with E-state index in [9.17, 15) is 0 Å². The van der Waals surface area contributed by atoms with E-state index in [0.717, 1.165) is 58.7 Å². The molecule has 0 saturated carbocycles. The van der Waals surface area contributed by atoms with Gasteiger partial charge in [-0.2, -0.15) is 0 Å². The van der Waals surface area contributed by atoms with Crippen molar-refractivity contribution in [1.29, 1.82) is 0 Å². The number of aromatic nitrogens is 1. The summed E-state index contributed by atoms with van der Waals surface area (Å²) in [6, 6.07) is 6.14. The van der Waals surface area contributed by atoms with Gasteiger partial charge < -0.3 is 15.0 Å². The van der Waals surface area contributed by atoms with E-state index in [0.29, 0.717) is 5.41 Å². The van der Waals surface area contributed by atoms with Gasteiger partial charge in [0.05, 0.1) is 0 Å². The first-order valence-corrected chi connectivity index (χ1v) is 8.11. The van der Waals surface area contributed by atoms with Gasteiger partial charge in [-0.05, 0) is 44.0 Å². The van der Waals surface area contributed by atoms with Crippen LogP contribution < -0.4 is 5.32 Å². The first-order chi connectivity index (χ1) is 10.2. The highest BCUT2D eigenvalue weighted by molar-refractivity contribution is 5.03. The fraction of sp³-hybridized carbons (Fsp3) is 0.706. The summed E-state index contributed by atoms with van der Waals surface area (Å²) >= 11 is 0. The molecule has 4 nitrogen and oxygen atoms in total. The number of hydrogen-bond donors (Lipinski definition) is 1. The summed E-state index contributed by atoms with van der Waals surface area (Å²) in [6.07, 6.45) is 5.22. The molecule has 0 radical (unpaired) electrons. The zero-order valence-electron chi connectivity index (χ0n) is 13.5. The molecule has 118 valence electrons. The maximum atomic E-state index is 5.56. The van der Waals surface area contributed by atoms with Crippen LogP contribution in [0.25, 0.3) is 0 Å². The largest absolute Gasteiger partial charge is 0.381 e. The second-order valence-electron chi connectivity index (χ2n) is 6.20. The summed E-state index contributed by atoms with van der Waals surface area (Å²) < 4.78 is 5.56. The van der Waals surface area contributed by atoms with Crippen molar-refractivity contribution >= 4 is 0 Å². The predicted molar refractivity (Wildman–Crippen MR) is 86.5 cm³/mol. The summed E-state index contributed by atoms with van der Waals surface area (Å²) in [5, 5.41) is 3.54. The number of nitrogens with zero attached hydrogens (tertiary/aromatic N) is 2. The Morgan fingerprint density at radius 2 is 2.14 bits per heavy atom. The van der Waals surface area contributed by atoms with Crippen LogP contribution in [-0.2, 0) is 11.2 Å². The highest BCUT2D eigenvalue weighted by Gasteiger charge is 2.33. The number of hydrogen-bond acceptors (Lipinski definition) is 4. The Hall–Kier alpha value is -0.970. The Morgan fingerprint density at radius 1 is 1.33 bits per heavy atom. The number of rotatable bonds is 8. The molecule has 21 heavy (non-hydrogen) atoms. The van der Waals surface area contributed by atoms with E-state index in [1.807, 2.05) is 12.3 Å². The number of nitrogens with one attached hydrogen (secondary N) is 1. The lowest BCUT2D eigenvalue weighted by atomic mass is 9.79. The number of likely N-dealkylation sites (N-methyl/N-ethyl adjacent to an activating group) is 1. The van der Waals surface area contributed by atoms with Crippen LogP contribution in [0.1, 0.15) is 25.5 Å². The SMILES string of the molecule is CCNCC1(CN(C)CCc2ccccn2)CCOCC1. The maximum Gasteiger partial charge on any atom is 0.0472 e. The summed E-state index contributed by atoms with van der Waals surface area (Å²) in [5.74, 6) is 0. The van der Waals surface area contributed by atoms with Crippen LogP contribution in [0.2, 0.25) is 0 Å². The van der Waals surface area contributed by atoms with E-state index in [4.69, 9.17) is 4.74 Å². The van der Waals surface area contributed by atoms with Crippen molar-refractivity contribution in [3.05, 3.63) is 30.1 Å². The Morgan fingerprint density at radius 3 is 2.81 bits per heavy atom.